The van der Waals surface area contributed by atoms with Crippen LogP contribution in [-0.4, -0.2) is 54.4 Å². The molecule has 0 fully saturated rings. The molecule has 0 saturated heterocycles. The van der Waals surface area contributed by atoms with Gasteiger partial charge in [0.05, 0.1) is 31.2 Å². The molecular formula is C16H24N4O5. The molecule has 138 valence electrons. The van der Waals surface area contributed by atoms with E-state index in [1.165, 1.54) is 25.3 Å². The molecule has 2 amide bonds. The van der Waals surface area contributed by atoms with Gasteiger partial charge in [0.25, 0.3) is 5.69 Å². The summed E-state index contributed by atoms with van der Waals surface area (Å²) < 4.78 is 4.95. The van der Waals surface area contributed by atoms with E-state index in [4.69, 9.17) is 4.74 Å². The number of carbonyl (C=O) groups excluding carboxylic acids is 2. The highest BCUT2D eigenvalue weighted by Crippen LogP contribution is 2.28. The first-order chi connectivity index (χ1) is 11.8. The molecule has 0 aromatic heterocycles. The van der Waals surface area contributed by atoms with Crippen LogP contribution in [0.5, 0.6) is 5.75 Å². The second-order valence-electron chi connectivity index (χ2n) is 5.71. The Hall–Kier alpha value is -2.68. The number of rotatable bonds is 9. The summed E-state index contributed by atoms with van der Waals surface area (Å²) in [7, 11) is 1.40. The SMILES string of the molecule is CCN(CC(=O)Nc1ccc(OC)cc1[N+](=O)[O-])CC(=O)NC(C)C. The predicted molar refractivity (Wildman–Crippen MR) is 93.7 cm³/mol. The molecule has 0 aliphatic carbocycles. The first-order valence-corrected chi connectivity index (χ1v) is 7.90. The van der Waals surface area contributed by atoms with Gasteiger partial charge >= 0.3 is 0 Å². The fourth-order valence-corrected chi connectivity index (χ4v) is 2.14. The van der Waals surface area contributed by atoms with Crippen LogP contribution in [0.1, 0.15) is 20.8 Å². The van der Waals surface area contributed by atoms with E-state index < -0.39 is 10.8 Å². The van der Waals surface area contributed by atoms with Crippen molar-refractivity contribution in [3.63, 3.8) is 0 Å². The largest absolute Gasteiger partial charge is 0.496 e. The summed E-state index contributed by atoms with van der Waals surface area (Å²) in [4.78, 5) is 36.1. The fraction of sp³-hybridized carbons (Fsp3) is 0.500. The van der Waals surface area contributed by atoms with Crippen LogP contribution in [0.2, 0.25) is 0 Å². The second kappa shape index (κ2) is 9.58. The normalized spacial score (nSPS) is 10.6. The molecule has 0 heterocycles. The van der Waals surface area contributed by atoms with Gasteiger partial charge in [0.15, 0.2) is 0 Å². The topological polar surface area (TPSA) is 114 Å². The summed E-state index contributed by atoms with van der Waals surface area (Å²) >= 11 is 0. The van der Waals surface area contributed by atoms with Crippen LogP contribution in [0.15, 0.2) is 18.2 Å². The van der Waals surface area contributed by atoms with Gasteiger partial charge in [-0.2, -0.15) is 0 Å². The molecule has 9 heteroatoms. The third kappa shape index (κ3) is 6.76. The molecule has 0 unspecified atom stereocenters. The molecule has 0 atom stereocenters. The minimum atomic E-state index is -0.591. The lowest BCUT2D eigenvalue weighted by atomic mass is 10.2. The Morgan fingerprint density at radius 2 is 1.92 bits per heavy atom. The Balaban J connectivity index is 2.75. The average Bonchev–Trinajstić information content (AvgIpc) is 2.53. The molecule has 9 nitrogen and oxygen atoms in total. The van der Waals surface area contributed by atoms with Crippen molar-refractivity contribution in [1.29, 1.82) is 0 Å². The predicted octanol–water partition coefficient (Wildman–Crippen LogP) is 1.39. The number of nitro benzene ring substituents is 1. The highest BCUT2D eigenvalue weighted by molar-refractivity contribution is 5.94. The van der Waals surface area contributed by atoms with E-state index in [0.717, 1.165) is 0 Å². The van der Waals surface area contributed by atoms with E-state index in [-0.39, 0.29) is 36.4 Å². The van der Waals surface area contributed by atoms with E-state index in [1.54, 1.807) is 4.90 Å². The van der Waals surface area contributed by atoms with Gasteiger partial charge in [0.2, 0.25) is 11.8 Å². The smallest absolute Gasteiger partial charge is 0.296 e. The van der Waals surface area contributed by atoms with Gasteiger partial charge in [-0.3, -0.25) is 24.6 Å². The van der Waals surface area contributed by atoms with Crippen molar-refractivity contribution in [2.24, 2.45) is 0 Å². The maximum Gasteiger partial charge on any atom is 0.296 e. The number of likely N-dealkylation sites (N-methyl/N-ethyl adjacent to an activating group) is 1. The molecule has 25 heavy (non-hydrogen) atoms. The minimum absolute atomic E-state index is 0.0157. The van der Waals surface area contributed by atoms with Crippen LogP contribution < -0.4 is 15.4 Å². The van der Waals surface area contributed by atoms with Crippen molar-refractivity contribution >= 4 is 23.2 Å². The van der Waals surface area contributed by atoms with Gasteiger partial charge in [-0.05, 0) is 32.5 Å². The van der Waals surface area contributed by atoms with Crippen LogP contribution in [0, 0.1) is 10.1 Å². The third-order valence-electron chi connectivity index (χ3n) is 3.31. The van der Waals surface area contributed by atoms with E-state index >= 15 is 0 Å². The first-order valence-electron chi connectivity index (χ1n) is 7.90. The van der Waals surface area contributed by atoms with Crippen molar-refractivity contribution < 1.29 is 19.2 Å². The summed E-state index contributed by atoms with van der Waals surface area (Å²) in [5.41, 5.74) is -0.174. The molecule has 1 rings (SSSR count). The summed E-state index contributed by atoms with van der Waals surface area (Å²) in [5, 5.41) is 16.4. The number of nitrogens with zero attached hydrogens (tertiary/aromatic N) is 2. The zero-order valence-electron chi connectivity index (χ0n) is 14.9. The average molecular weight is 352 g/mol. The second-order valence-corrected chi connectivity index (χ2v) is 5.71. The lowest BCUT2D eigenvalue weighted by Crippen LogP contribution is -2.42. The van der Waals surface area contributed by atoms with Crippen molar-refractivity contribution in [2.45, 2.75) is 26.8 Å². The minimum Gasteiger partial charge on any atom is -0.496 e. The van der Waals surface area contributed by atoms with Crippen molar-refractivity contribution in [1.82, 2.24) is 10.2 Å². The van der Waals surface area contributed by atoms with Crippen molar-refractivity contribution in [3.8, 4) is 5.75 Å². The van der Waals surface area contributed by atoms with E-state index in [2.05, 4.69) is 10.6 Å². The monoisotopic (exact) mass is 352 g/mol. The van der Waals surface area contributed by atoms with Crippen LogP contribution in [-0.2, 0) is 9.59 Å². The molecule has 0 bridgehead atoms. The Labute approximate surface area is 146 Å². The number of methoxy groups -OCH3 is 1. The van der Waals surface area contributed by atoms with Crippen LogP contribution in [0.25, 0.3) is 0 Å². The van der Waals surface area contributed by atoms with Gasteiger partial charge in [0.1, 0.15) is 11.4 Å². The van der Waals surface area contributed by atoms with Crippen LogP contribution in [0.3, 0.4) is 0 Å². The fourth-order valence-electron chi connectivity index (χ4n) is 2.14. The highest BCUT2D eigenvalue weighted by Gasteiger charge is 2.19. The molecular weight excluding hydrogens is 328 g/mol. The lowest BCUT2D eigenvalue weighted by Gasteiger charge is -2.20. The highest BCUT2D eigenvalue weighted by atomic mass is 16.6. The van der Waals surface area contributed by atoms with Crippen molar-refractivity contribution in [3.05, 3.63) is 28.3 Å². The number of amides is 2. The first kappa shape index (κ1) is 20.4. The molecule has 2 N–H and O–H groups in total. The number of hydrogen-bond acceptors (Lipinski definition) is 6. The van der Waals surface area contributed by atoms with Gasteiger partial charge < -0.3 is 15.4 Å². The Kier molecular flexibility index (Phi) is 7.80. The summed E-state index contributed by atoms with van der Waals surface area (Å²) in [6.45, 7) is 6.04. The van der Waals surface area contributed by atoms with Crippen LogP contribution in [0.4, 0.5) is 11.4 Å². The van der Waals surface area contributed by atoms with Gasteiger partial charge in [0, 0.05) is 6.04 Å². The summed E-state index contributed by atoms with van der Waals surface area (Å²) in [6.07, 6.45) is 0. The number of benzene rings is 1. The number of hydrogen-bond donors (Lipinski definition) is 2. The van der Waals surface area contributed by atoms with Gasteiger partial charge in [-0.1, -0.05) is 6.92 Å². The third-order valence-corrected chi connectivity index (χ3v) is 3.31. The standard InChI is InChI=1S/C16H24N4O5/c1-5-19(9-15(21)17-11(2)3)10-16(22)18-13-7-6-12(25-4)8-14(13)20(23)24/h6-8,11H,5,9-10H2,1-4H3,(H,17,21)(H,18,22). The lowest BCUT2D eigenvalue weighted by molar-refractivity contribution is -0.384. The van der Waals surface area contributed by atoms with Gasteiger partial charge in [-0.15, -0.1) is 0 Å². The number of nitro groups is 1. The molecule has 1 aromatic rings. The van der Waals surface area contributed by atoms with E-state index in [1.807, 2.05) is 20.8 Å². The van der Waals surface area contributed by atoms with E-state index in [9.17, 15) is 19.7 Å². The number of carbonyl (C=O) groups is 2. The zero-order valence-corrected chi connectivity index (χ0v) is 14.9. The maximum atomic E-state index is 12.2. The quantitative estimate of drug-likeness (QED) is 0.513. The molecule has 1 aromatic carbocycles. The Morgan fingerprint density at radius 1 is 1.28 bits per heavy atom. The Morgan fingerprint density at radius 3 is 2.44 bits per heavy atom. The molecule has 0 aliphatic heterocycles. The van der Waals surface area contributed by atoms with E-state index in [0.29, 0.717) is 12.3 Å². The maximum absolute atomic E-state index is 12.2. The van der Waals surface area contributed by atoms with Gasteiger partial charge in [-0.25, -0.2) is 0 Å². The van der Waals surface area contributed by atoms with Crippen molar-refractivity contribution in [2.75, 3.05) is 32.1 Å². The summed E-state index contributed by atoms with van der Waals surface area (Å²) in [5.74, 6) is -0.294. The van der Waals surface area contributed by atoms with Crippen LogP contribution >= 0.6 is 0 Å². The summed E-state index contributed by atoms with van der Waals surface area (Å²) in [6, 6.07) is 4.19. The molecule has 0 aliphatic rings. The Bertz CT molecular complexity index is 633. The number of anilines is 1. The molecule has 0 saturated carbocycles. The number of nitrogens with one attached hydrogen (secondary N) is 2. The zero-order chi connectivity index (χ0) is 19.0. The molecule has 0 spiro atoms. The molecule has 0 radical (unpaired) electrons. The number of ether oxygens (including phenoxy) is 1.